The summed E-state index contributed by atoms with van der Waals surface area (Å²) in [6, 6.07) is 28.8. The maximum Gasteiger partial charge on any atom is 0.267 e. The molecule has 0 saturated carbocycles. The van der Waals surface area contributed by atoms with Gasteiger partial charge in [-0.25, -0.2) is 0 Å². The van der Waals surface area contributed by atoms with E-state index >= 15 is 0 Å². The van der Waals surface area contributed by atoms with Crippen LogP contribution in [0.15, 0.2) is 107 Å². The molecule has 0 bridgehead atoms. The first-order valence-electron chi connectivity index (χ1n) is 9.89. The third kappa shape index (κ3) is 5.49. The molecular formula is C25H21N3O2S. The summed E-state index contributed by atoms with van der Waals surface area (Å²) < 4.78 is 0. The zero-order valence-electron chi connectivity index (χ0n) is 16.8. The summed E-state index contributed by atoms with van der Waals surface area (Å²) in [5.74, 6) is -0.560. The van der Waals surface area contributed by atoms with Gasteiger partial charge in [0, 0.05) is 11.8 Å². The van der Waals surface area contributed by atoms with Crippen LogP contribution < -0.4 is 5.32 Å². The van der Waals surface area contributed by atoms with Gasteiger partial charge in [-0.1, -0.05) is 78.9 Å². The van der Waals surface area contributed by atoms with Crippen LogP contribution in [0.2, 0.25) is 0 Å². The summed E-state index contributed by atoms with van der Waals surface area (Å²) in [4.78, 5) is 32.2. The fourth-order valence-electron chi connectivity index (χ4n) is 3.09. The molecule has 5 nitrogen and oxygen atoms in total. The number of thioether (sulfide) groups is 1. The molecule has 3 aromatic carbocycles. The third-order valence-corrected chi connectivity index (χ3v) is 5.66. The normalized spacial score (nSPS) is 16.1. The van der Waals surface area contributed by atoms with Gasteiger partial charge in [-0.15, -0.1) is 0 Å². The number of nitrogens with one attached hydrogen (secondary N) is 1. The Balaban J connectivity index is 1.56. The number of carbonyl (C=O) groups excluding carboxylic acids is 2. The molecule has 1 N–H and O–H groups in total. The third-order valence-electron chi connectivity index (χ3n) is 4.61. The fraction of sp³-hybridized carbons (Fsp3) is 0.0800. The minimum atomic E-state index is -0.342. The van der Waals surface area contributed by atoms with E-state index in [1.54, 1.807) is 17.0 Å². The molecular weight excluding hydrogens is 406 g/mol. The Kier molecular flexibility index (Phi) is 6.59. The molecule has 6 heteroatoms. The lowest BCUT2D eigenvalue weighted by Crippen LogP contribution is -2.29. The summed E-state index contributed by atoms with van der Waals surface area (Å²) in [5.41, 5.74) is 2.74. The minimum absolute atomic E-state index is 0.219. The van der Waals surface area contributed by atoms with E-state index in [0.29, 0.717) is 28.8 Å². The highest BCUT2D eigenvalue weighted by molar-refractivity contribution is 8.18. The second-order valence-electron chi connectivity index (χ2n) is 6.93. The van der Waals surface area contributed by atoms with Crippen LogP contribution in [-0.4, -0.2) is 21.9 Å². The van der Waals surface area contributed by atoms with Gasteiger partial charge in [-0.3, -0.25) is 19.5 Å². The molecule has 0 atom stereocenters. The van der Waals surface area contributed by atoms with Gasteiger partial charge in [0.05, 0.1) is 18.0 Å². The Hall–Kier alpha value is -3.64. The summed E-state index contributed by atoms with van der Waals surface area (Å²) in [6.45, 7) is 0.864. The predicted molar refractivity (Wildman–Crippen MR) is 125 cm³/mol. The van der Waals surface area contributed by atoms with Gasteiger partial charge in [-0.2, -0.15) is 0 Å². The van der Waals surface area contributed by atoms with E-state index in [-0.39, 0.29) is 11.8 Å². The first-order valence-corrected chi connectivity index (χ1v) is 10.7. The van der Waals surface area contributed by atoms with E-state index < -0.39 is 0 Å². The molecule has 3 aromatic rings. The smallest absolute Gasteiger partial charge is 0.267 e. The van der Waals surface area contributed by atoms with Gasteiger partial charge in [0.2, 0.25) is 5.91 Å². The summed E-state index contributed by atoms with van der Waals surface area (Å²) in [5, 5.41) is 3.38. The van der Waals surface area contributed by atoms with Crippen LogP contribution in [0.5, 0.6) is 0 Å². The number of anilines is 1. The standard InChI is InChI=1S/C25H21N3O2S/c29-23(27-21-14-8-3-9-15-21)16-22-24(30)28(18-20-12-6-2-7-13-20)25(31-22)26-17-19-10-4-1-5-11-19/h1-16H,17-18H2,(H,27,29). The van der Waals surface area contributed by atoms with Crippen molar-refractivity contribution in [1.29, 1.82) is 0 Å². The van der Waals surface area contributed by atoms with Gasteiger partial charge in [0.1, 0.15) is 0 Å². The number of amides is 2. The second kappa shape index (κ2) is 9.91. The lowest BCUT2D eigenvalue weighted by molar-refractivity contribution is -0.123. The molecule has 1 fully saturated rings. The van der Waals surface area contributed by atoms with E-state index in [1.807, 2.05) is 78.9 Å². The van der Waals surface area contributed by atoms with Crippen molar-refractivity contribution in [3.8, 4) is 0 Å². The number of para-hydroxylation sites is 1. The van der Waals surface area contributed by atoms with E-state index in [0.717, 1.165) is 11.1 Å². The van der Waals surface area contributed by atoms with Gasteiger partial charge >= 0.3 is 0 Å². The van der Waals surface area contributed by atoms with E-state index in [4.69, 9.17) is 0 Å². The predicted octanol–water partition coefficient (Wildman–Crippen LogP) is 4.84. The molecule has 31 heavy (non-hydrogen) atoms. The maximum atomic E-state index is 13.1. The average molecular weight is 428 g/mol. The zero-order chi connectivity index (χ0) is 21.5. The molecule has 1 heterocycles. The zero-order valence-corrected chi connectivity index (χ0v) is 17.6. The first kappa shape index (κ1) is 20.6. The first-order chi connectivity index (χ1) is 15.2. The van der Waals surface area contributed by atoms with Crippen LogP contribution in [-0.2, 0) is 22.7 Å². The number of benzene rings is 3. The number of hydrogen-bond donors (Lipinski definition) is 1. The average Bonchev–Trinajstić information content (AvgIpc) is 3.08. The molecule has 2 amide bonds. The highest BCUT2D eigenvalue weighted by atomic mass is 32.2. The van der Waals surface area contributed by atoms with Gasteiger partial charge < -0.3 is 5.32 Å². The van der Waals surface area contributed by atoms with Gasteiger partial charge in [0.15, 0.2) is 5.17 Å². The Bertz CT molecular complexity index is 1110. The van der Waals surface area contributed by atoms with E-state index in [9.17, 15) is 9.59 Å². The lowest BCUT2D eigenvalue weighted by Gasteiger charge is -2.15. The Morgan fingerprint density at radius 3 is 2.10 bits per heavy atom. The molecule has 0 radical (unpaired) electrons. The van der Waals surface area contributed by atoms with Crippen molar-refractivity contribution in [2.75, 3.05) is 5.32 Å². The highest BCUT2D eigenvalue weighted by Gasteiger charge is 2.33. The topological polar surface area (TPSA) is 61.8 Å². The number of aliphatic imine (C=N–C) groups is 1. The quantitative estimate of drug-likeness (QED) is 0.573. The molecule has 0 aliphatic carbocycles. The van der Waals surface area contributed by atoms with Crippen molar-refractivity contribution in [3.63, 3.8) is 0 Å². The van der Waals surface area contributed by atoms with E-state index in [1.165, 1.54) is 17.8 Å². The molecule has 0 aromatic heterocycles. The van der Waals surface area contributed by atoms with Crippen molar-refractivity contribution in [2.45, 2.75) is 13.1 Å². The Labute approximate surface area is 185 Å². The molecule has 1 saturated heterocycles. The summed E-state index contributed by atoms with van der Waals surface area (Å²) in [7, 11) is 0. The molecule has 154 valence electrons. The van der Waals surface area contributed by atoms with Crippen molar-refractivity contribution in [2.24, 2.45) is 4.99 Å². The Morgan fingerprint density at radius 2 is 1.45 bits per heavy atom. The molecule has 1 aliphatic heterocycles. The Morgan fingerprint density at radius 1 is 0.871 bits per heavy atom. The van der Waals surface area contributed by atoms with Crippen molar-refractivity contribution in [1.82, 2.24) is 4.90 Å². The number of rotatable bonds is 6. The second-order valence-corrected chi connectivity index (χ2v) is 7.94. The molecule has 0 spiro atoms. The van der Waals surface area contributed by atoms with Gasteiger partial charge in [-0.05, 0) is 35.0 Å². The van der Waals surface area contributed by atoms with Crippen LogP contribution in [0.4, 0.5) is 5.69 Å². The van der Waals surface area contributed by atoms with Crippen LogP contribution in [0, 0.1) is 0 Å². The van der Waals surface area contributed by atoms with Crippen molar-refractivity contribution >= 4 is 34.4 Å². The van der Waals surface area contributed by atoms with Crippen molar-refractivity contribution < 1.29 is 9.59 Å². The largest absolute Gasteiger partial charge is 0.322 e. The van der Waals surface area contributed by atoms with Crippen LogP contribution in [0.25, 0.3) is 0 Å². The molecule has 0 unspecified atom stereocenters. The van der Waals surface area contributed by atoms with Crippen molar-refractivity contribution in [3.05, 3.63) is 113 Å². The van der Waals surface area contributed by atoms with E-state index in [2.05, 4.69) is 10.3 Å². The highest BCUT2D eigenvalue weighted by Crippen LogP contribution is 2.32. The maximum absolute atomic E-state index is 13.1. The number of hydrogen-bond acceptors (Lipinski definition) is 4. The lowest BCUT2D eigenvalue weighted by atomic mass is 10.2. The number of nitrogens with zero attached hydrogens (tertiary/aromatic N) is 2. The fourth-order valence-corrected chi connectivity index (χ4v) is 4.04. The molecule has 1 aliphatic rings. The van der Waals surface area contributed by atoms with Crippen LogP contribution in [0.3, 0.4) is 0 Å². The summed E-state index contributed by atoms with van der Waals surface area (Å²) >= 11 is 1.23. The SMILES string of the molecule is O=C(C=C1SC(=NCc2ccccc2)N(Cc2ccccc2)C1=O)Nc1ccccc1. The van der Waals surface area contributed by atoms with Crippen LogP contribution >= 0.6 is 11.8 Å². The number of amidine groups is 1. The van der Waals surface area contributed by atoms with Gasteiger partial charge in [0.25, 0.3) is 5.91 Å². The monoisotopic (exact) mass is 427 g/mol. The molecule has 4 rings (SSSR count). The minimum Gasteiger partial charge on any atom is -0.322 e. The number of carbonyl (C=O) groups is 2. The summed E-state index contributed by atoms with van der Waals surface area (Å²) in [6.07, 6.45) is 1.35. The van der Waals surface area contributed by atoms with Crippen LogP contribution in [0.1, 0.15) is 11.1 Å².